The first-order chi connectivity index (χ1) is 23.1. The summed E-state index contributed by atoms with van der Waals surface area (Å²) in [5, 5.41) is 22.8. The molecule has 0 bridgehead atoms. The van der Waals surface area contributed by atoms with Gasteiger partial charge >= 0.3 is 0 Å². The summed E-state index contributed by atoms with van der Waals surface area (Å²) < 4.78 is 21.5. The van der Waals surface area contributed by atoms with Crippen molar-refractivity contribution < 1.29 is 14.2 Å². The quantitative estimate of drug-likeness (QED) is 0.189. The first-order valence-electron chi connectivity index (χ1n) is 15.8. The van der Waals surface area contributed by atoms with E-state index in [0.29, 0.717) is 53.5 Å². The molecule has 0 radical (unpaired) electrons. The maximum Gasteiger partial charge on any atom is 0.257 e. The molecule has 4 aromatic heterocycles. The maximum atomic E-state index is 6.46. The molecule has 14 nitrogen and oxygen atoms in total. The van der Waals surface area contributed by atoms with Crippen LogP contribution in [0.5, 0.6) is 11.6 Å². The molecular formula is C31H36ClN11O3S. The molecule has 16 heteroatoms. The van der Waals surface area contributed by atoms with Crippen molar-refractivity contribution in [2.75, 3.05) is 31.6 Å². The number of hydrogen-bond donors (Lipinski definition) is 1. The molecule has 1 saturated heterocycles. The molecule has 1 unspecified atom stereocenters. The van der Waals surface area contributed by atoms with Crippen molar-refractivity contribution in [2.45, 2.75) is 63.9 Å². The van der Waals surface area contributed by atoms with E-state index in [1.807, 2.05) is 35.3 Å². The maximum absolute atomic E-state index is 6.46. The smallest absolute Gasteiger partial charge is 0.257 e. The second-order valence-electron chi connectivity index (χ2n) is 11.7. The van der Waals surface area contributed by atoms with Gasteiger partial charge in [-0.05, 0) is 60.7 Å². The summed E-state index contributed by atoms with van der Waals surface area (Å²) in [6.45, 7) is 6.45. The molecule has 1 aromatic carbocycles. The van der Waals surface area contributed by atoms with Gasteiger partial charge in [-0.25, -0.2) is 19.6 Å². The van der Waals surface area contributed by atoms with Crippen LogP contribution in [0, 0.1) is 0 Å². The van der Waals surface area contributed by atoms with Crippen molar-refractivity contribution in [2.24, 2.45) is 0 Å². The van der Waals surface area contributed by atoms with Crippen molar-refractivity contribution >= 4 is 34.6 Å². The molecule has 2 aliphatic rings. The molecule has 0 amide bonds. The Bertz CT molecular complexity index is 1710. The van der Waals surface area contributed by atoms with Gasteiger partial charge in [-0.3, -0.25) is 9.58 Å². The molecule has 1 atom stereocenters. The van der Waals surface area contributed by atoms with E-state index in [9.17, 15) is 0 Å². The third-order valence-corrected chi connectivity index (χ3v) is 9.51. The monoisotopic (exact) mass is 677 g/mol. The summed E-state index contributed by atoms with van der Waals surface area (Å²) in [7, 11) is 0. The predicted octanol–water partition coefficient (Wildman–Crippen LogP) is 5.04. The number of nitrogens with one attached hydrogen (secondary N) is 1. The third kappa shape index (κ3) is 7.87. The van der Waals surface area contributed by atoms with E-state index in [0.717, 1.165) is 68.1 Å². The molecule has 1 saturated carbocycles. The second kappa shape index (κ2) is 14.7. The number of morpholine rings is 1. The Morgan fingerprint density at radius 3 is 2.62 bits per heavy atom. The Hall–Kier alpha value is -4.18. The lowest BCUT2D eigenvalue weighted by molar-refractivity contribution is 0.00502. The highest BCUT2D eigenvalue weighted by Gasteiger charge is 2.29. The van der Waals surface area contributed by atoms with E-state index in [1.165, 1.54) is 0 Å². The van der Waals surface area contributed by atoms with E-state index in [4.69, 9.17) is 30.9 Å². The van der Waals surface area contributed by atoms with Crippen molar-refractivity contribution in [1.29, 1.82) is 0 Å². The van der Waals surface area contributed by atoms with Crippen molar-refractivity contribution in [3.05, 3.63) is 64.7 Å². The first kappa shape index (κ1) is 31.4. The summed E-state index contributed by atoms with van der Waals surface area (Å²) in [5.74, 6) is 1.49. The fourth-order valence-corrected chi connectivity index (χ4v) is 6.75. The van der Waals surface area contributed by atoms with Gasteiger partial charge in [0, 0.05) is 48.7 Å². The van der Waals surface area contributed by atoms with Gasteiger partial charge in [0.25, 0.3) is 5.88 Å². The number of thiazole rings is 1. The first-order valence-corrected chi connectivity index (χ1v) is 17.0. The standard InChI is InChI=1S/C31H36ClN11O3S/c1-21(17-42-20-36-39-40-42)46-28-14-22(2-7-26(28)32)23-15-34-31(35-16-23)37-27-18-43(38-30(27)45-19-29-33-8-13-47-29)25-5-3-24(4-6-25)41-9-11-44-12-10-41/h2,7-8,13-16,18,20-21,24-25H,3-6,9-12,17,19H2,1H3,(H,34,35,37). The van der Waals surface area contributed by atoms with E-state index < -0.39 is 0 Å². The van der Waals surface area contributed by atoms with Crippen LogP contribution < -0.4 is 14.8 Å². The summed E-state index contributed by atoms with van der Waals surface area (Å²) in [5.41, 5.74) is 2.40. The average molecular weight is 678 g/mol. The molecule has 5 heterocycles. The lowest BCUT2D eigenvalue weighted by Gasteiger charge is -2.38. The number of rotatable bonds is 12. The van der Waals surface area contributed by atoms with Crippen LogP contribution in [0.25, 0.3) is 11.1 Å². The molecular weight excluding hydrogens is 642 g/mol. The lowest BCUT2D eigenvalue weighted by Crippen LogP contribution is -2.45. The summed E-state index contributed by atoms with van der Waals surface area (Å²) in [6.07, 6.45) is 13.1. The second-order valence-corrected chi connectivity index (χ2v) is 13.1. The lowest BCUT2D eigenvalue weighted by atomic mass is 9.90. The number of anilines is 2. The molecule has 5 aromatic rings. The van der Waals surface area contributed by atoms with Crippen LogP contribution in [0.4, 0.5) is 11.6 Å². The Kier molecular flexibility index (Phi) is 9.84. The van der Waals surface area contributed by atoms with Crippen molar-refractivity contribution in [3.8, 4) is 22.8 Å². The average Bonchev–Trinajstić information content (AvgIpc) is 3.89. The van der Waals surface area contributed by atoms with E-state index >= 15 is 0 Å². The van der Waals surface area contributed by atoms with Gasteiger partial charge in [0.2, 0.25) is 5.95 Å². The molecule has 7 rings (SSSR count). The van der Waals surface area contributed by atoms with E-state index in [1.54, 1.807) is 47.0 Å². The Morgan fingerprint density at radius 2 is 1.87 bits per heavy atom. The zero-order chi connectivity index (χ0) is 32.0. The Balaban J connectivity index is 1.03. The molecule has 246 valence electrons. The highest BCUT2D eigenvalue weighted by Crippen LogP contribution is 2.35. The van der Waals surface area contributed by atoms with E-state index in [2.05, 4.69) is 40.7 Å². The van der Waals surface area contributed by atoms with Crippen LogP contribution in [0.3, 0.4) is 0 Å². The number of halogens is 1. The highest BCUT2D eigenvalue weighted by molar-refractivity contribution is 7.09. The van der Waals surface area contributed by atoms with Crippen molar-refractivity contribution in [1.82, 2.24) is 49.8 Å². The third-order valence-electron chi connectivity index (χ3n) is 8.44. The van der Waals surface area contributed by atoms with Gasteiger partial charge in [0.1, 0.15) is 35.5 Å². The number of aromatic nitrogens is 9. The van der Waals surface area contributed by atoms with Crippen LogP contribution in [-0.4, -0.2) is 88.3 Å². The largest absolute Gasteiger partial charge is 0.487 e. The SMILES string of the molecule is CC(Cn1cnnn1)Oc1cc(-c2cnc(Nc3cn(C4CCC(N5CCOCC5)CC4)nc3OCc3nccs3)nc2)ccc1Cl. The minimum absolute atomic E-state index is 0.207. The normalized spacial score (nSPS) is 19.4. The van der Waals surface area contributed by atoms with Gasteiger partial charge < -0.3 is 19.5 Å². The zero-order valence-corrected chi connectivity index (χ0v) is 27.6. The summed E-state index contributed by atoms with van der Waals surface area (Å²) in [6, 6.07) is 6.50. The van der Waals surface area contributed by atoms with Crippen LogP contribution in [0.15, 0.2) is 54.7 Å². The molecule has 47 heavy (non-hydrogen) atoms. The minimum Gasteiger partial charge on any atom is -0.487 e. The highest BCUT2D eigenvalue weighted by atomic mass is 35.5. The van der Waals surface area contributed by atoms with Gasteiger partial charge in [-0.15, -0.1) is 21.5 Å². The van der Waals surface area contributed by atoms with Gasteiger partial charge in [0.15, 0.2) is 0 Å². The summed E-state index contributed by atoms with van der Waals surface area (Å²) in [4.78, 5) is 16.1. The predicted molar refractivity (Wildman–Crippen MR) is 176 cm³/mol. The Labute approximate surface area is 281 Å². The zero-order valence-electron chi connectivity index (χ0n) is 26.0. The minimum atomic E-state index is -0.207. The molecule has 1 aliphatic carbocycles. The number of tetrazole rings is 1. The number of ether oxygens (including phenoxy) is 3. The van der Waals surface area contributed by atoms with Crippen LogP contribution in [-0.2, 0) is 17.9 Å². The molecule has 1 aliphatic heterocycles. The number of nitrogens with zero attached hydrogens (tertiary/aromatic N) is 10. The topological polar surface area (TPSA) is 143 Å². The van der Waals surface area contributed by atoms with Crippen molar-refractivity contribution in [3.63, 3.8) is 0 Å². The van der Waals surface area contributed by atoms with Crippen LogP contribution >= 0.6 is 22.9 Å². The van der Waals surface area contributed by atoms with E-state index in [-0.39, 0.29) is 6.10 Å². The Morgan fingerprint density at radius 1 is 1.06 bits per heavy atom. The number of benzene rings is 1. The van der Waals surface area contributed by atoms with Gasteiger partial charge in [-0.1, -0.05) is 17.7 Å². The number of hydrogen-bond acceptors (Lipinski definition) is 13. The van der Waals surface area contributed by atoms with Crippen LogP contribution in [0.2, 0.25) is 5.02 Å². The molecule has 0 spiro atoms. The molecule has 1 N–H and O–H groups in total. The van der Waals surface area contributed by atoms with Gasteiger partial charge in [-0.2, -0.15) is 0 Å². The fourth-order valence-electron chi connectivity index (χ4n) is 6.06. The summed E-state index contributed by atoms with van der Waals surface area (Å²) >= 11 is 8.01. The van der Waals surface area contributed by atoms with Crippen LogP contribution in [0.1, 0.15) is 43.7 Å². The fraction of sp³-hybridized carbons (Fsp3) is 0.452. The van der Waals surface area contributed by atoms with Gasteiger partial charge in [0.05, 0.1) is 37.0 Å². The molecule has 2 fully saturated rings.